The minimum Gasteiger partial charge on any atom is -0.294 e. The van der Waals surface area contributed by atoms with Crippen LogP contribution in [0.1, 0.15) is 39.4 Å². The minimum atomic E-state index is 0.250. The quantitative estimate of drug-likeness (QED) is 0.718. The zero-order chi connectivity index (χ0) is 11.8. The van der Waals surface area contributed by atoms with Crippen molar-refractivity contribution in [2.45, 2.75) is 19.3 Å². The molecule has 1 nitrogen and oxygen atoms in total. The molecule has 1 aliphatic carbocycles. The zero-order valence-corrected chi connectivity index (χ0v) is 9.81. The van der Waals surface area contributed by atoms with E-state index in [1.54, 1.807) is 0 Å². The van der Waals surface area contributed by atoms with Crippen molar-refractivity contribution in [3.05, 3.63) is 70.8 Å². The average Bonchev–Trinajstić information content (AvgIpc) is 2.68. The van der Waals surface area contributed by atoms with Crippen LogP contribution in [-0.2, 0) is 0 Å². The van der Waals surface area contributed by atoms with Gasteiger partial charge in [0.05, 0.1) is 0 Å². The van der Waals surface area contributed by atoms with Crippen LogP contribution in [-0.4, -0.2) is 5.78 Å². The second-order valence-corrected chi connectivity index (χ2v) is 4.62. The molecule has 1 aliphatic rings. The summed E-state index contributed by atoms with van der Waals surface area (Å²) in [7, 11) is 0. The molecule has 0 aromatic heterocycles. The summed E-state index contributed by atoms with van der Waals surface area (Å²) in [5.41, 5.74) is 4.64. The first-order valence-corrected chi connectivity index (χ1v) is 5.95. The van der Waals surface area contributed by atoms with Gasteiger partial charge in [0.2, 0.25) is 0 Å². The van der Waals surface area contributed by atoms with E-state index in [1.807, 2.05) is 30.3 Å². The minimum absolute atomic E-state index is 0.250. The molecule has 0 fully saturated rings. The Hall–Kier alpha value is -1.89. The van der Waals surface area contributed by atoms with Crippen LogP contribution >= 0.6 is 0 Å². The maximum absolute atomic E-state index is 12.0. The SMILES string of the molecule is Cc1ccccc1[C@H]1CC(=O)c2ccccc21. The maximum Gasteiger partial charge on any atom is 0.164 e. The van der Waals surface area contributed by atoms with Gasteiger partial charge in [0, 0.05) is 17.9 Å². The zero-order valence-electron chi connectivity index (χ0n) is 9.81. The predicted octanol–water partition coefficient (Wildman–Crippen LogP) is 3.71. The molecule has 0 unspecified atom stereocenters. The van der Waals surface area contributed by atoms with Crippen molar-refractivity contribution in [3.8, 4) is 0 Å². The monoisotopic (exact) mass is 222 g/mol. The summed E-state index contributed by atoms with van der Waals surface area (Å²) in [6.07, 6.45) is 0.615. The largest absolute Gasteiger partial charge is 0.294 e. The molecule has 0 saturated carbocycles. The number of benzene rings is 2. The number of carbonyl (C=O) groups is 1. The Labute approximate surface area is 101 Å². The second kappa shape index (κ2) is 3.85. The van der Waals surface area contributed by atoms with Crippen LogP contribution in [0.2, 0.25) is 0 Å². The van der Waals surface area contributed by atoms with Crippen molar-refractivity contribution in [2.75, 3.05) is 0 Å². The van der Waals surface area contributed by atoms with Crippen LogP contribution < -0.4 is 0 Å². The fourth-order valence-electron chi connectivity index (χ4n) is 2.72. The van der Waals surface area contributed by atoms with E-state index in [2.05, 4.69) is 25.1 Å². The third kappa shape index (κ3) is 1.59. The van der Waals surface area contributed by atoms with E-state index in [-0.39, 0.29) is 11.7 Å². The number of ketones is 1. The van der Waals surface area contributed by atoms with Crippen LogP contribution in [0.5, 0.6) is 0 Å². The van der Waals surface area contributed by atoms with Gasteiger partial charge in [-0.15, -0.1) is 0 Å². The Morgan fingerprint density at radius 3 is 2.35 bits per heavy atom. The smallest absolute Gasteiger partial charge is 0.164 e. The molecule has 0 heterocycles. The fourth-order valence-corrected chi connectivity index (χ4v) is 2.72. The molecule has 3 rings (SSSR count). The first kappa shape index (κ1) is 10.3. The number of Topliss-reactive ketones (excluding diaryl/α,β-unsaturated/α-hetero) is 1. The fraction of sp³-hybridized carbons (Fsp3) is 0.188. The molecule has 0 saturated heterocycles. The van der Waals surface area contributed by atoms with Gasteiger partial charge in [-0.25, -0.2) is 0 Å². The summed E-state index contributed by atoms with van der Waals surface area (Å²) in [5.74, 6) is 0.522. The van der Waals surface area contributed by atoms with Crippen molar-refractivity contribution in [3.63, 3.8) is 0 Å². The van der Waals surface area contributed by atoms with Crippen molar-refractivity contribution in [1.82, 2.24) is 0 Å². The van der Waals surface area contributed by atoms with Gasteiger partial charge in [-0.05, 0) is 23.6 Å². The highest BCUT2D eigenvalue weighted by Crippen LogP contribution is 2.38. The molecular formula is C16H14O. The van der Waals surface area contributed by atoms with Crippen molar-refractivity contribution >= 4 is 5.78 Å². The molecule has 0 spiro atoms. The third-order valence-electron chi connectivity index (χ3n) is 3.59. The molecule has 1 atom stereocenters. The number of rotatable bonds is 1. The van der Waals surface area contributed by atoms with Crippen LogP contribution in [0.15, 0.2) is 48.5 Å². The molecule has 0 amide bonds. The van der Waals surface area contributed by atoms with Gasteiger partial charge in [-0.1, -0.05) is 48.5 Å². The van der Waals surface area contributed by atoms with Gasteiger partial charge in [0.15, 0.2) is 5.78 Å². The van der Waals surface area contributed by atoms with E-state index in [0.29, 0.717) is 6.42 Å². The Kier molecular flexibility index (Phi) is 2.32. The van der Waals surface area contributed by atoms with E-state index in [0.717, 1.165) is 5.56 Å². The summed E-state index contributed by atoms with van der Waals surface area (Å²) in [6.45, 7) is 2.11. The average molecular weight is 222 g/mol. The maximum atomic E-state index is 12.0. The van der Waals surface area contributed by atoms with E-state index in [9.17, 15) is 4.79 Å². The van der Waals surface area contributed by atoms with Gasteiger partial charge in [0.25, 0.3) is 0 Å². The molecule has 17 heavy (non-hydrogen) atoms. The number of hydrogen-bond acceptors (Lipinski definition) is 1. The number of fused-ring (bicyclic) bond motifs is 1. The van der Waals surface area contributed by atoms with E-state index >= 15 is 0 Å². The first-order chi connectivity index (χ1) is 8.27. The second-order valence-electron chi connectivity index (χ2n) is 4.62. The van der Waals surface area contributed by atoms with Crippen molar-refractivity contribution in [1.29, 1.82) is 0 Å². The summed E-state index contributed by atoms with van der Waals surface area (Å²) >= 11 is 0. The molecule has 0 bridgehead atoms. The third-order valence-corrected chi connectivity index (χ3v) is 3.59. The van der Waals surface area contributed by atoms with E-state index in [4.69, 9.17) is 0 Å². The van der Waals surface area contributed by atoms with Crippen LogP contribution in [0.4, 0.5) is 0 Å². The normalized spacial score (nSPS) is 18.2. The highest BCUT2D eigenvalue weighted by Gasteiger charge is 2.30. The Balaban J connectivity index is 2.14. The Morgan fingerprint density at radius 1 is 0.941 bits per heavy atom. The number of aryl methyl sites for hydroxylation is 1. The number of carbonyl (C=O) groups excluding carboxylic acids is 1. The summed E-state index contributed by atoms with van der Waals surface area (Å²) < 4.78 is 0. The van der Waals surface area contributed by atoms with Crippen LogP contribution in [0.25, 0.3) is 0 Å². The predicted molar refractivity (Wildman–Crippen MR) is 68.4 cm³/mol. The molecule has 2 aromatic carbocycles. The van der Waals surface area contributed by atoms with E-state index in [1.165, 1.54) is 16.7 Å². The highest BCUT2D eigenvalue weighted by atomic mass is 16.1. The van der Waals surface area contributed by atoms with Gasteiger partial charge >= 0.3 is 0 Å². The lowest BCUT2D eigenvalue weighted by molar-refractivity contribution is 0.0991. The van der Waals surface area contributed by atoms with Crippen LogP contribution in [0.3, 0.4) is 0 Å². The van der Waals surface area contributed by atoms with Crippen molar-refractivity contribution in [2.24, 2.45) is 0 Å². The lowest BCUT2D eigenvalue weighted by atomic mass is 9.90. The molecule has 84 valence electrons. The molecule has 0 N–H and O–H groups in total. The summed E-state index contributed by atoms with van der Waals surface area (Å²) in [6, 6.07) is 16.3. The molecule has 2 aromatic rings. The Morgan fingerprint density at radius 2 is 1.59 bits per heavy atom. The topological polar surface area (TPSA) is 17.1 Å². The first-order valence-electron chi connectivity index (χ1n) is 5.95. The van der Waals surface area contributed by atoms with E-state index < -0.39 is 0 Å². The van der Waals surface area contributed by atoms with Gasteiger partial charge in [-0.3, -0.25) is 4.79 Å². The molecular weight excluding hydrogens is 208 g/mol. The van der Waals surface area contributed by atoms with Gasteiger partial charge < -0.3 is 0 Å². The lowest BCUT2D eigenvalue weighted by Gasteiger charge is -2.13. The highest BCUT2D eigenvalue weighted by molar-refractivity contribution is 6.01. The molecule has 0 radical (unpaired) electrons. The van der Waals surface area contributed by atoms with Crippen molar-refractivity contribution < 1.29 is 4.79 Å². The standard InChI is InChI=1S/C16H14O/c1-11-6-2-3-7-12(11)15-10-16(17)14-9-5-4-8-13(14)15/h2-9,15H,10H2,1H3/t15-/m1/s1. The van der Waals surface area contributed by atoms with Crippen LogP contribution in [0, 0.1) is 6.92 Å². The molecule has 0 aliphatic heterocycles. The molecule has 1 heteroatoms. The van der Waals surface area contributed by atoms with Gasteiger partial charge in [0.1, 0.15) is 0 Å². The Bertz CT molecular complexity index is 584. The number of hydrogen-bond donors (Lipinski definition) is 0. The summed E-state index contributed by atoms with van der Waals surface area (Å²) in [4.78, 5) is 12.0. The lowest BCUT2D eigenvalue weighted by Crippen LogP contribution is -1.99. The van der Waals surface area contributed by atoms with Gasteiger partial charge in [-0.2, -0.15) is 0 Å². The summed E-state index contributed by atoms with van der Waals surface area (Å²) in [5, 5.41) is 0.